The zero-order chi connectivity index (χ0) is 19.9. The van der Waals surface area contributed by atoms with Crippen LogP contribution in [0, 0.1) is 5.92 Å². The molecule has 1 atom stereocenters. The van der Waals surface area contributed by atoms with E-state index >= 15 is 0 Å². The van der Waals surface area contributed by atoms with E-state index in [1.807, 2.05) is 20.1 Å². The van der Waals surface area contributed by atoms with E-state index in [2.05, 4.69) is 5.43 Å². The molecule has 0 bridgehead atoms. The van der Waals surface area contributed by atoms with Gasteiger partial charge in [-0.1, -0.05) is 37.0 Å². The van der Waals surface area contributed by atoms with Crippen molar-refractivity contribution in [1.29, 1.82) is 0 Å². The smallest absolute Gasteiger partial charge is 0.328 e. The maximum absolute atomic E-state index is 13.0. The fraction of sp³-hybridized carbons (Fsp3) is 0.471. The summed E-state index contributed by atoms with van der Waals surface area (Å²) in [6, 6.07) is 3.09. The van der Waals surface area contributed by atoms with Crippen LogP contribution in [0.25, 0.3) is 0 Å². The second kappa shape index (κ2) is 10.6. The summed E-state index contributed by atoms with van der Waals surface area (Å²) in [5, 5.41) is 10.8. The number of thioether (sulfide) groups is 1. The van der Waals surface area contributed by atoms with E-state index < -0.39 is 23.8 Å². The fourth-order valence-corrected chi connectivity index (χ4v) is 2.97. The molecule has 0 aliphatic rings. The molecule has 1 rings (SSSR count). The van der Waals surface area contributed by atoms with Crippen LogP contribution >= 0.6 is 35.0 Å². The van der Waals surface area contributed by atoms with Gasteiger partial charge < -0.3 is 5.11 Å². The molecular weight excluding hydrogens is 399 g/mol. The molecule has 2 amide bonds. The molecule has 1 aromatic carbocycles. The number of nitrogens with one attached hydrogen (secondary N) is 1. The third-order valence-electron chi connectivity index (χ3n) is 3.45. The van der Waals surface area contributed by atoms with Crippen molar-refractivity contribution in [1.82, 2.24) is 10.4 Å². The average molecular weight is 421 g/mol. The van der Waals surface area contributed by atoms with Crippen molar-refractivity contribution < 1.29 is 19.5 Å². The van der Waals surface area contributed by atoms with Gasteiger partial charge in [0.1, 0.15) is 0 Å². The summed E-state index contributed by atoms with van der Waals surface area (Å²) in [6.07, 6.45) is 2.17. The standard InChI is InChI=1S/C17H22Cl2N2O4S/c1-10(2)8-14(17(24)25)21(20-15(22)6-7-26-3)16(23)12-9-11(18)4-5-13(12)19/h4-5,9-10,14H,6-8H2,1-3H3,(H,20,22)(H,24,25). The second-order valence-electron chi connectivity index (χ2n) is 6.06. The topological polar surface area (TPSA) is 86.7 Å². The van der Waals surface area contributed by atoms with Crippen LogP contribution < -0.4 is 5.43 Å². The Morgan fingerprint density at radius 1 is 1.27 bits per heavy atom. The van der Waals surface area contributed by atoms with Gasteiger partial charge in [-0.3, -0.25) is 15.0 Å². The summed E-state index contributed by atoms with van der Waals surface area (Å²) in [6.45, 7) is 3.67. The Kier molecular flexibility index (Phi) is 9.25. The molecule has 1 unspecified atom stereocenters. The van der Waals surface area contributed by atoms with E-state index in [0.29, 0.717) is 5.75 Å². The molecule has 0 fully saturated rings. The van der Waals surface area contributed by atoms with Gasteiger partial charge in [-0.15, -0.1) is 0 Å². The van der Waals surface area contributed by atoms with Gasteiger partial charge in [0.25, 0.3) is 5.91 Å². The summed E-state index contributed by atoms with van der Waals surface area (Å²) in [5.74, 6) is -1.84. The number of carboxylic acids is 1. The van der Waals surface area contributed by atoms with Crippen molar-refractivity contribution in [3.05, 3.63) is 33.8 Å². The molecule has 144 valence electrons. The molecule has 0 radical (unpaired) electrons. The summed E-state index contributed by atoms with van der Waals surface area (Å²) >= 11 is 13.5. The van der Waals surface area contributed by atoms with Crippen LogP contribution in [0.5, 0.6) is 0 Å². The van der Waals surface area contributed by atoms with Crippen LogP contribution in [0.3, 0.4) is 0 Å². The molecule has 2 N–H and O–H groups in total. The Bertz CT molecular complexity index is 670. The molecule has 0 saturated heterocycles. The minimum atomic E-state index is -1.23. The Hall–Kier alpha value is -1.44. The van der Waals surface area contributed by atoms with E-state index in [9.17, 15) is 19.5 Å². The third-order valence-corrected chi connectivity index (χ3v) is 4.62. The number of amides is 2. The van der Waals surface area contributed by atoms with Crippen LogP contribution in [-0.2, 0) is 9.59 Å². The average Bonchev–Trinajstić information content (AvgIpc) is 2.57. The summed E-state index contributed by atoms with van der Waals surface area (Å²) < 4.78 is 0. The molecule has 0 saturated carbocycles. The minimum Gasteiger partial charge on any atom is -0.480 e. The number of carbonyl (C=O) groups excluding carboxylic acids is 2. The van der Waals surface area contributed by atoms with E-state index in [1.54, 1.807) is 0 Å². The van der Waals surface area contributed by atoms with E-state index in [0.717, 1.165) is 5.01 Å². The van der Waals surface area contributed by atoms with Gasteiger partial charge >= 0.3 is 5.97 Å². The van der Waals surface area contributed by atoms with Crippen molar-refractivity contribution in [2.75, 3.05) is 12.0 Å². The lowest BCUT2D eigenvalue weighted by Crippen LogP contribution is -2.55. The molecular formula is C17H22Cl2N2O4S. The summed E-state index contributed by atoms with van der Waals surface area (Å²) in [4.78, 5) is 36.8. The van der Waals surface area contributed by atoms with Gasteiger partial charge in [-0.05, 0) is 36.8 Å². The van der Waals surface area contributed by atoms with Crippen LogP contribution in [-0.4, -0.2) is 45.9 Å². The van der Waals surface area contributed by atoms with Gasteiger partial charge in [-0.2, -0.15) is 11.8 Å². The van der Waals surface area contributed by atoms with E-state index in [1.165, 1.54) is 30.0 Å². The van der Waals surface area contributed by atoms with Gasteiger partial charge in [0, 0.05) is 17.2 Å². The zero-order valence-electron chi connectivity index (χ0n) is 14.8. The summed E-state index contributed by atoms with van der Waals surface area (Å²) in [5.41, 5.74) is 2.46. The maximum Gasteiger partial charge on any atom is 0.328 e. The quantitative estimate of drug-likeness (QED) is 0.625. The van der Waals surface area contributed by atoms with Crippen LogP contribution in [0.1, 0.15) is 37.0 Å². The predicted octanol–water partition coefficient (Wildman–Crippen LogP) is 3.72. The SMILES string of the molecule is CSCCC(=O)NN(C(=O)c1cc(Cl)ccc1Cl)C(CC(C)C)C(=O)O. The van der Waals surface area contributed by atoms with Gasteiger partial charge in [0.2, 0.25) is 5.91 Å². The molecule has 0 aliphatic heterocycles. The van der Waals surface area contributed by atoms with Crippen molar-refractivity contribution in [2.45, 2.75) is 32.7 Å². The van der Waals surface area contributed by atoms with E-state index in [-0.39, 0.29) is 34.4 Å². The highest BCUT2D eigenvalue weighted by atomic mass is 35.5. The first kappa shape index (κ1) is 22.6. The highest BCUT2D eigenvalue weighted by molar-refractivity contribution is 7.98. The van der Waals surface area contributed by atoms with Crippen LogP contribution in [0.15, 0.2) is 18.2 Å². The monoisotopic (exact) mass is 420 g/mol. The molecule has 0 spiro atoms. The molecule has 0 aromatic heterocycles. The summed E-state index contributed by atoms with van der Waals surface area (Å²) in [7, 11) is 0. The first-order chi connectivity index (χ1) is 12.2. The number of rotatable bonds is 8. The molecule has 0 heterocycles. The number of nitrogens with zero attached hydrogens (tertiary/aromatic N) is 1. The van der Waals surface area contributed by atoms with Gasteiger partial charge in [0.05, 0.1) is 10.6 Å². The number of halogens is 2. The Balaban J connectivity index is 3.24. The number of hydrogen-bond acceptors (Lipinski definition) is 4. The molecule has 6 nitrogen and oxygen atoms in total. The number of carbonyl (C=O) groups is 3. The fourth-order valence-electron chi connectivity index (χ4n) is 2.21. The normalized spacial score (nSPS) is 11.9. The Morgan fingerprint density at radius 3 is 2.46 bits per heavy atom. The van der Waals surface area contributed by atoms with Crippen molar-refractivity contribution in [2.24, 2.45) is 5.92 Å². The maximum atomic E-state index is 13.0. The highest BCUT2D eigenvalue weighted by Crippen LogP contribution is 2.23. The van der Waals surface area contributed by atoms with Crippen LogP contribution in [0.4, 0.5) is 0 Å². The van der Waals surface area contributed by atoms with Gasteiger partial charge in [-0.25, -0.2) is 9.80 Å². The number of hydrogen-bond donors (Lipinski definition) is 2. The van der Waals surface area contributed by atoms with E-state index in [4.69, 9.17) is 23.2 Å². The lowest BCUT2D eigenvalue weighted by molar-refractivity contribution is -0.145. The first-order valence-electron chi connectivity index (χ1n) is 7.97. The van der Waals surface area contributed by atoms with Crippen LogP contribution in [0.2, 0.25) is 10.0 Å². The molecule has 0 aliphatic carbocycles. The van der Waals surface area contributed by atoms with Crippen molar-refractivity contribution >= 4 is 52.7 Å². The largest absolute Gasteiger partial charge is 0.480 e. The zero-order valence-corrected chi connectivity index (χ0v) is 17.1. The highest BCUT2D eigenvalue weighted by Gasteiger charge is 2.33. The predicted molar refractivity (Wildman–Crippen MR) is 105 cm³/mol. The molecule has 9 heteroatoms. The second-order valence-corrected chi connectivity index (χ2v) is 7.89. The van der Waals surface area contributed by atoms with Gasteiger partial charge in [0.15, 0.2) is 6.04 Å². The molecule has 26 heavy (non-hydrogen) atoms. The van der Waals surface area contributed by atoms with Crippen molar-refractivity contribution in [3.63, 3.8) is 0 Å². The lowest BCUT2D eigenvalue weighted by atomic mass is 10.0. The number of hydrazine groups is 1. The Morgan fingerprint density at radius 2 is 1.92 bits per heavy atom. The lowest BCUT2D eigenvalue weighted by Gasteiger charge is -2.30. The third kappa shape index (κ3) is 6.70. The number of benzene rings is 1. The number of aliphatic carboxylic acids is 1. The molecule has 1 aromatic rings. The first-order valence-corrected chi connectivity index (χ1v) is 10.1. The number of carboxylic acid groups (broad SMARTS) is 1. The minimum absolute atomic E-state index is 0.00988. The van der Waals surface area contributed by atoms with Crippen molar-refractivity contribution in [3.8, 4) is 0 Å². The Labute approximate surface area is 167 Å².